The molecule has 0 saturated heterocycles. The average molecular weight is 346 g/mol. The van der Waals surface area contributed by atoms with Crippen molar-refractivity contribution in [3.8, 4) is 5.75 Å². The zero-order chi connectivity index (χ0) is 18.4. The lowest BCUT2D eigenvalue weighted by molar-refractivity contribution is 0.103. The van der Waals surface area contributed by atoms with Crippen LogP contribution in [0.25, 0.3) is 0 Å². The Bertz CT molecular complexity index is 889. The number of hydrogen-bond donors (Lipinski definition) is 2. The Labute approximate surface area is 151 Å². The largest absolute Gasteiger partial charge is 0.497 e. The van der Waals surface area contributed by atoms with Crippen LogP contribution in [0.4, 0.5) is 16.2 Å². The zero-order valence-corrected chi connectivity index (χ0v) is 14.2. The second kappa shape index (κ2) is 7.98. The molecule has 0 fully saturated rings. The number of rotatable bonds is 5. The molecule has 0 spiro atoms. The third kappa shape index (κ3) is 4.27. The van der Waals surface area contributed by atoms with Crippen LogP contribution in [0.5, 0.6) is 5.75 Å². The molecule has 5 nitrogen and oxygen atoms in total. The summed E-state index contributed by atoms with van der Waals surface area (Å²) in [7, 11) is 1.58. The van der Waals surface area contributed by atoms with Crippen LogP contribution in [0.2, 0.25) is 0 Å². The highest BCUT2D eigenvalue weighted by Crippen LogP contribution is 2.17. The van der Waals surface area contributed by atoms with Crippen molar-refractivity contribution in [1.29, 1.82) is 0 Å². The molecule has 3 aromatic carbocycles. The number of carbonyl (C=O) groups is 2. The van der Waals surface area contributed by atoms with Crippen LogP contribution in [-0.2, 0) is 0 Å². The van der Waals surface area contributed by atoms with E-state index < -0.39 is 0 Å². The summed E-state index contributed by atoms with van der Waals surface area (Å²) in [4.78, 5) is 24.4. The lowest BCUT2D eigenvalue weighted by Crippen LogP contribution is -2.19. The Balaban J connectivity index is 1.61. The fourth-order valence-electron chi connectivity index (χ4n) is 2.43. The second-order valence-electron chi connectivity index (χ2n) is 5.58. The number of nitrogens with one attached hydrogen (secondary N) is 2. The van der Waals surface area contributed by atoms with Gasteiger partial charge < -0.3 is 15.4 Å². The van der Waals surface area contributed by atoms with Crippen LogP contribution in [-0.4, -0.2) is 18.9 Å². The van der Waals surface area contributed by atoms with Gasteiger partial charge in [0.2, 0.25) is 0 Å². The molecule has 130 valence electrons. The van der Waals surface area contributed by atoms with Gasteiger partial charge in [-0.25, -0.2) is 4.79 Å². The van der Waals surface area contributed by atoms with Crippen molar-refractivity contribution in [2.45, 2.75) is 0 Å². The van der Waals surface area contributed by atoms with Gasteiger partial charge in [0.15, 0.2) is 5.78 Å². The minimum absolute atomic E-state index is 0.0557. The van der Waals surface area contributed by atoms with E-state index in [1.54, 1.807) is 67.8 Å². The lowest BCUT2D eigenvalue weighted by Gasteiger charge is -2.09. The Kier molecular flexibility index (Phi) is 5.29. The highest BCUT2D eigenvalue weighted by Gasteiger charge is 2.09. The first-order chi connectivity index (χ1) is 12.7. The smallest absolute Gasteiger partial charge is 0.323 e. The predicted octanol–water partition coefficient (Wildman–Crippen LogP) is 4.57. The number of hydrogen-bond acceptors (Lipinski definition) is 3. The number of benzene rings is 3. The van der Waals surface area contributed by atoms with Crippen molar-refractivity contribution in [3.05, 3.63) is 90.0 Å². The van der Waals surface area contributed by atoms with Crippen LogP contribution in [0.15, 0.2) is 78.9 Å². The van der Waals surface area contributed by atoms with Gasteiger partial charge >= 0.3 is 6.03 Å². The third-order valence-electron chi connectivity index (χ3n) is 3.79. The maximum Gasteiger partial charge on any atom is 0.323 e. The van der Waals surface area contributed by atoms with E-state index >= 15 is 0 Å². The molecule has 3 rings (SSSR count). The second-order valence-corrected chi connectivity index (χ2v) is 5.58. The number of ketones is 1. The van der Waals surface area contributed by atoms with Crippen LogP contribution in [0.1, 0.15) is 15.9 Å². The molecule has 0 aliphatic heterocycles. The fourth-order valence-corrected chi connectivity index (χ4v) is 2.43. The molecule has 0 bridgehead atoms. The van der Waals surface area contributed by atoms with E-state index in [-0.39, 0.29) is 11.8 Å². The van der Waals surface area contributed by atoms with E-state index in [1.807, 2.05) is 18.2 Å². The van der Waals surface area contributed by atoms with E-state index in [1.165, 1.54) is 0 Å². The van der Waals surface area contributed by atoms with Crippen LogP contribution >= 0.6 is 0 Å². The molecule has 0 aromatic heterocycles. The van der Waals surface area contributed by atoms with Gasteiger partial charge in [0.25, 0.3) is 0 Å². The van der Waals surface area contributed by atoms with Gasteiger partial charge in [-0.15, -0.1) is 0 Å². The van der Waals surface area contributed by atoms with E-state index in [2.05, 4.69) is 10.6 Å². The fraction of sp³-hybridized carbons (Fsp3) is 0.0476. The summed E-state index contributed by atoms with van der Waals surface area (Å²) in [6, 6.07) is 22.5. The molecule has 0 saturated carbocycles. The van der Waals surface area contributed by atoms with E-state index in [0.717, 1.165) is 5.75 Å². The number of carbonyl (C=O) groups excluding carboxylic acids is 2. The van der Waals surface area contributed by atoms with Gasteiger partial charge in [-0.2, -0.15) is 0 Å². The number of methoxy groups -OCH3 is 1. The number of amides is 2. The summed E-state index contributed by atoms with van der Waals surface area (Å²) in [5.74, 6) is 0.662. The highest BCUT2D eigenvalue weighted by atomic mass is 16.5. The summed E-state index contributed by atoms with van der Waals surface area (Å²) in [6.07, 6.45) is 0. The average Bonchev–Trinajstić information content (AvgIpc) is 2.69. The van der Waals surface area contributed by atoms with Crippen molar-refractivity contribution < 1.29 is 14.3 Å². The molecule has 3 aromatic rings. The Hall–Kier alpha value is -3.60. The first-order valence-electron chi connectivity index (χ1n) is 8.07. The zero-order valence-electron chi connectivity index (χ0n) is 14.2. The molecule has 0 heterocycles. The maximum atomic E-state index is 12.4. The van der Waals surface area contributed by atoms with Gasteiger partial charge in [0, 0.05) is 22.5 Å². The van der Waals surface area contributed by atoms with Gasteiger partial charge in [0.05, 0.1) is 7.11 Å². The Morgan fingerprint density at radius 3 is 1.73 bits per heavy atom. The lowest BCUT2D eigenvalue weighted by atomic mass is 10.0. The molecule has 0 aliphatic rings. The molecule has 2 amide bonds. The van der Waals surface area contributed by atoms with E-state index in [0.29, 0.717) is 22.5 Å². The first kappa shape index (κ1) is 17.2. The van der Waals surface area contributed by atoms with Gasteiger partial charge in [0.1, 0.15) is 5.75 Å². The normalized spacial score (nSPS) is 10.0. The topological polar surface area (TPSA) is 67.4 Å². The molecular formula is C21H18N2O3. The van der Waals surface area contributed by atoms with Crippen molar-refractivity contribution in [2.24, 2.45) is 0 Å². The van der Waals surface area contributed by atoms with E-state index in [4.69, 9.17) is 4.74 Å². The third-order valence-corrected chi connectivity index (χ3v) is 3.79. The molecule has 0 atom stereocenters. The summed E-state index contributed by atoms with van der Waals surface area (Å²) in [5.41, 5.74) is 2.45. The summed E-state index contributed by atoms with van der Waals surface area (Å²) >= 11 is 0. The molecule has 2 N–H and O–H groups in total. The summed E-state index contributed by atoms with van der Waals surface area (Å²) < 4.78 is 5.08. The van der Waals surface area contributed by atoms with Gasteiger partial charge in [-0.05, 0) is 48.5 Å². The van der Waals surface area contributed by atoms with Gasteiger partial charge in [-0.3, -0.25) is 4.79 Å². The summed E-state index contributed by atoms with van der Waals surface area (Å²) in [5, 5.41) is 5.46. The molecule has 0 aliphatic carbocycles. The SMILES string of the molecule is COc1ccc(NC(=O)Nc2ccc(C(=O)c3ccccc3)cc2)cc1. The quantitative estimate of drug-likeness (QED) is 0.665. The van der Waals surface area contributed by atoms with Crippen molar-refractivity contribution in [1.82, 2.24) is 0 Å². The van der Waals surface area contributed by atoms with E-state index in [9.17, 15) is 9.59 Å². The Morgan fingerprint density at radius 1 is 0.692 bits per heavy atom. The van der Waals surface area contributed by atoms with Crippen molar-refractivity contribution in [2.75, 3.05) is 17.7 Å². The predicted molar refractivity (Wildman–Crippen MR) is 102 cm³/mol. The summed E-state index contributed by atoms with van der Waals surface area (Å²) in [6.45, 7) is 0. The first-order valence-corrected chi connectivity index (χ1v) is 8.07. The maximum absolute atomic E-state index is 12.4. The number of ether oxygens (including phenoxy) is 1. The molecular weight excluding hydrogens is 328 g/mol. The van der Waals surface area contributed by atoms with Crippen molar-refractivity contribution >= 4 is 23.2 Å². The molecule has 0 radical (unpaired) electrons. The highest BCUT2D eigenvalue weighted by molar-refractivity contribution is 6.09. The number of urea groups is 1. The van der Waals surface area contributed by atoms with Crippen LogP contribution in [0, 0.1) is 0 Å². The van der Waals surface area contributed by atoms with Crippen LogP contribution in [0.3, 0.4) is 0 Å². The molecule has 0 unspecified atom stereocenters. The van der Waals surface area contributed by atoms with Crippen LogP contribution < -0.4 is 15.4 Å². The number of anilines is 2. The molecule has 26 heavy (non-hydrogen) atoms. The molecule has 5 heteroatoms. The minimum Gasteiger partial charge on any atom is -0.497 e. The minimum atomic E-state index is -0.364. The standard InChI is InChI=1S/C21H18N2O3/c1-26-19-13-11-18(12-14-19)23-21(25)22-17-9-7-16(8-10-17)20(24)15-5-3-2-4-6-15/h2-14H,1H3,(H2,22,23,25). The Morgan fingerprint density at radius 2 is 1.19 bits per heavy atom. The van der Waals surface area contributed by atoms with Crippen molar-refractivity contribution in [3.63, 3.8) is 0 Å². The van der Waals surface area contributed by atoms with Gasteiger partial charge in [-0.1, -0.05) is 30.3 Å². The monoisotopic (exact) mass is 346 g/mol.